The minimum absolute atomic E-state index is 0.0468. The number of hydrogen-bond acceptors (Lipinski definition) is 4. The van der Waals surface area contributed by atoms with Crippen molar-refractivity contribution in [1.82, 2.24) is 19.7 Å². The highest BCUT2D eigenvalue weighted by atomic mass is 32.2. The van der Waals surface area contributed by atoms with Crippen molar-refractivity contribution in [3.05, 3.63) is 114 Å². The zero-order valence-electron chi connectivity index (χ0n) is 17.6. The Kier molecular flexibility index (Phi) is 5.60. The van der Waals surface area contributed by atoms with Gasteiger partial charge in [0.25, 0.3) is 0 Å². The first kappa shape index (κ1) is 20.3. The van der Waals surface area contributed by atoms with Crippen molar-refractivity contribution in [2.75, 3.05) is 0 Å². The van der Waals surface area contributed by atoms with Gasteiger partial charge >= 0.3 is 0 Å². The highest BCUT2D eigenvalue weighted by molar-refractivity contribution is 8.00. The second-order valence-electron chi connectivity index (χ2n) is 7.62. The number of Topliss-reactive ketones (excluding diaryl/α,β-unsaturated/α-hetero) is 1. The van der Waals surface area contributed by atoms with Gasteiger partial charge in [-0.15, -0.1) is 10.2 Å². The number of H-pyrrole nitrogens is 1. The van der Waals surface area contributed by atoms with Gasteiger partial charge in [-0.1, -0.05) is 90.6 Å². The van der Waals surface area contributed by atoms with E-state index >= 15 is 0 Å². The average molecular weight is 439 g/mol. The quantitative estimate of drug-likeness (QED) is 0.256. The number of benzene rings is 3. The van der Waals surface area contributed by atoms with E-state index in [1.54, 1.807) is 0 Å². The van der Waals surface area contributed by atoms with Crippen LogP contribution in [0.15, 0.2) is 96.3 Å². The highest BCUT2D eigenvalue weighted by Gasteiger charge is 2.28. The summed E-state index contributed by atoms with van der Waals surface area (Å²) in [6, 6.07) is 28.0. The largest absolute Gasteiger partial charge is 0.360 e. The molecule has 5 aromatic rings. The third-order valence-electron chi connectivity index (χ3n) is 5.50. The molecule has 0 spiro atoms. The van der Waals surface area contributed by atoms with Crippen LogP contribution in [0.1, 0.15) is 32.6 Å². The van der Waals surface area contributed by atoms with Gasteiger partial charge in [0, 0.05) is 22.7 Å². The molecule has 1 atom stereocenters. The molecule has 0 fully saturated rings. The lowest BCUT2D eigenvalue weighted by molar-refractivity contribution is 0.0991. The Morgan fingerprint density at radius 1 is 0.938 bits per heavy atom. The van der Waals surface area contributed by atoms with Crippen molar-refractivity contribution < 1.29 is 4.79 Å². The van der Waals surface area contributed by atoms with Gasteiger partial charge in [0.2, 0.25) is 0 Å². The topological polar surface area (TPSA) is 63.6 Å². The number of para-hydroxylation sites is 1. The Bertz CT molecular complexity index is 1360. The molecule has 0 radical (unpaired) electrons. The van der Waals surface area contributed by atoms with Gasteiger partial charge in [0.05, 0.1) is 6.54 Å². The van der Waals surface area contributed by atoms with Crippen LogP contribution >= 0.6 is 11.8 Å². The summed E-state index contributed by atoms with van der Waals surface area (Å²) in [6.07, 6.45) is 1.81. The van der Waals surface area contributed by atoms with E-state index in [0.29, 0.717) is 12.1 Å². The fourth-order valence-electron chi connectivity index (χ4n) is 3.82. The minimum Gasteiger partial charge on any atom is -0.360 e. The number of carbonyl (C=O) groups excluding carboxylic acids is 1. The van der Waals surface area contributed by atoms with Crippen LogP contribution in [-0.4, -0.2) is 25.5 Å². The van der Waals surface area contributed by atoms with Crippen LogP contribution in [0.25, 0.3) is 10.9 Å². The zero-order chi connectivity index (χ0) is 21.9. The number of hydrogen-bond donors (Lipinski definition) is 1. The van der Waals surface area contributed by atoms with Crippen molar-refractivity contribution in [3.63, 3.8) is 0 Å². The normalized spacial score (nSPS) is 12.2. The van der Waals surface area contributed by atoms with Crippen molar-refractivity contribution >= 4 is 28.4 Å². The first-order valence-electron chi connectivity index (χ1n) is 10.5. The fourth-order valence-corrected chi connectivity index (χ4v) is 4.97. The molecule has 32 heavy (non-hydrogen) atoms. The van der Waals surface area contributed by atoms with Crippen molar-refractivity contribution in [3.8, 4) is 0 Å². The standard InChI is InChI=1S/C26H22N4OS/c1-18-28-29-26(30(18)17-19-10-4-2-5-11-19)32-25(20-12-6-3-7-13-20)24(31)22-16-27-23-15-9-8-14-21(22)23/h2-16,25,27H,17H2,1H3. The van der Waals surface area contributed by atoms with Crippen molar-refractivity contribution in [1.29, 1.82) is 0 Å². The lowest BCUT2D eigenvalue weighted by Gasteiger charge is -2.16. The third kappa shape index (κ3) is 3.97. The maximum atomic E-state index is 13.8. The molecule has 0 amide bonds. The van der Waals surface area contributed by atoms with Crippen LogP contribution in [0, 0.1) is 6.92 Å². The Balaban J connectivity index is 1.53. The molecule has 0 bridgehead atoms. The fraction of sp³-hybridized carbons (Fsp3) is 0.115. The number of thioether (sulfide) groups is 1. The summed E-state index contributed by atoms with van der Waals surface area (Å²) >= 11 is 1.45. The lowest BCUT2D eigenvalue weighted by atomic mass is 10.0. The summed E-state index contributed by atoms with van der Waals surface area (Å²) in [7, 11) is 0. The average Bonchev–Trinajstić information content (AvgIpc) is 3.42. The maximum absolute atomic E-state index is 13.8. The maximum Gasteiger partial charge on any atom is 0.192 e. The molecule has 5 nitrogen and oxygen atoms in total. The SMILES string of the molecule is Cc1nnc(SC(C(=O)c2c[nH]c3ccccc23)c2ccccc2)n1Cc1ccccc1. The Morgan fingerprint density at radius 3 is 2.41 bits per heavy atom. The van der Waals surface area contributed by atoms with E-state index in [2.05, 4.69) is 31.9 Å². The molecule has 0 aliphatic carbocycles. The molecule has 158 valence electrons. The van der Waals surface area contributed by atoms with Crippen LogP contribution in [0.3, 0.4) is 0 Å². The molecule has 0 aliphatic rings. The molecule has 1 unspecified atom stereocenters. The van der Waals surface area contributed by atoms with E-state index in [-0.39, 0.29) is 5.78 Å². The number of carbonyl (C=O) groups is 1. The predicted octanol–water partition coefficient (Wildman–Crippen LogP) is 5.83. The van der Waals surface area contributed by atoms with Crippen LogP contribution in [0.4, 0.5) is 0 Å². The second-order valence-corrected chi connectivity index (χ2v) is 8.69. The van der Waals surface area contributed by atoms with Crippen LogP contribution in [0.5, 0.6) is 0 Å². The van der Waals surface area contributed by atoms with Gasteiger partial charge < -0.3 is 9.55 Å². The smallest absolute Gasteiger partial charge is 0.192 e. The number of aryl methyl sites for hydroxylation is 1. The number of ketones is 1. The number of rotatable bonds is 7. The first-order chi connectivity index (χ1) is 15.7. The molecule has 0 saturated heterocycles. The van der Waals surface area contributed by atoms with Gasteiger partial charge in [-0.2, -0.15) is 0 Å². The van der Waals surface area contributed by atoms with Gasteiger partial charge in [0.1, 0.15) is 11.1 Å². The zero-order valence-corrected chi connectivity index (χ0v) is 18.4. The van der Waals surface area contributed by atoms with Crippen LogP contribution in [-0.2, 0) is 6.54 Å². The summed E-state index contributed by atoms with van der Waals surface area (Å²) in [5, 5.41) is 9.95. The van der Waals surface area contributed by atoms with Crippen LogP contribution in [0.2, 0.25) is 0 Å². The van der Waals surface area contributed by atoms with E-state index in [1.807, 2.05) is 85.9 Å². The predicted molar refractivity (Wildman–Crippen MR) is 128 cm³/mol. The van der Waals surface area contributed by atoms with Gasteiger partial charge in [-0.3, -0.25) is 4.79 Å². The van der Waals surface area contributed by atoms with Gasteiger partial charge in [0.15, 0.2) is 10.9 Å². The summed E-state index contributed by atoms with van der Waals surface area (Å²) in [5.74, 6) is 0.869. The third-order valence-corrected chi connectivity index (χ3v) is 6.74. The van der Waals surface area contributed by atoms with E-state index in [9.17, 15) is 4.79 Å². The Labute approximate surface area is 190 Å². The Morgan fingerprint density at radius 2 is 1.62 bits per heavy atom. The van der Waals surface area contributed by atoms with Gasteiger partial charge in [-0.25, -0.2) is 0 Å². The van der Waals surface area contributed by atoms with E-state index in [1.165, 1.54) is 11.8 Å². The van der Waals surface area contributed by atoms with Crippen molar-refractivity contribution in [2.24, 2.45) is 0 Å². The van der Waals surface area contributed by atoms with Gasteiger partial charge in [-0.05, 0) is 24.1 Å². The lowest BCUT2D eigenvalue weighted by Crippen LogP contribution is -2.12. The molecule has 0 saturated carbocycles. The molecule has 6 heteroatoms. The summed E-state index contributed by atoms with van der Waals surface area (Å²) in [4.78, 5) is 17.0. The van der Waals surface area contributed by atoms with Crippen LogP contribution < -0.4 is 0 Å². The molecule has 1 N–H and O–H groups in total. The highest BCUT2D eigenvalue weighted by Crippen LogP contribution is 2.38. The number of fused-ring (bicyclic) bond motifs is 1. The summed E-state index contributed by atoms with van der Waals surface area (Å²) in [5.41, 5.74) is 3.75. The molecule has 0 aliphatic heterocycles. The summed E-state index contributed by atoms with van der Waals surface area (Å²) in [6.45, 7) is 2.60. The molecular formula is C26H22N4OS. The van der Waals surface area contributed by atoms with E-state index in [0.717, 1.165) is 33.0 Å². The first-order valence-corrected chi connectivity index (χ1v) is 11.3. The summed E-state index contributed by atoms with van der Waals surface area (Å²) < 4.78 is 2.07. The monoisotopic (exact) mass is 438 g/mol. The molecule has 5 rings (SSSR count). The van der Waals surface area contributed by atoms with Crippen molar-refractivity contribution in [2.45, 2.75) is 23.9 Å². The molecule has 2 aromatic heterocycles. The second kappa shape index (κ2) is 8.85. The number of aromatic nitrogens is 4. The van der Waals surface area contributed by atoms with E-state index in [4.69, 9.17) is 0 Å². The molecule has 2 heterocycles. The van der Waals surface area contributed by atoms with E-state index < -0.39 is 5.25 Å². The number of nitrogens with one attached hydrogen (secondary N) is 1. The molecule has 3 aromatic carbocycles. The minimum atomic E-state index is -0.437. The number of aromatic amines is 1. The molecular weight excluding hydrogens is 416 g/mol. The number of nitrogens with zero attached hydrogens (tertiary/aromatic N) is 3. The Hall–Kier alpha value is -3.64.